The Balaban J connectivity index is 2.21. The lowest BCUT2D eigenvalue weighted by Gasteiger charge is -2.26. The van der Waals surface area contributed by atoms with Crippen LogP contribution in [0.4, 0.5) is 0 Å². The summed E-state index contributed by atoms with van der Waals surface area (Å²) in [5, 5.41) is 12.6. The van der Waals surface area contributed by atoms with Crippen LogP contribution in [0.25, 0.3) is 0 Å². The van der Waals surface area contributed by atoms with Gasteiger partial charge in [-0.15, -0.1) is 0 Å². The highest BCUT2D eigenvalue weighted by molar-refractivity contribution is 5.95. The predicted octanol–water partition coefficient (Wildman–Crippen LogP) is 2.92. The Hall–Kier alpha value is -1.95. The molecule has 1 saturated carbocycles. The van der Waals surface area contributed by atoms with Gasteiger partial charge in [0.25, 0.3) is 5.91 Å². The lowest BCUT2D eigenvalue weighted by Crippen LogP contribution is -2.38. The smallest absolute Gasteiger partial charge is 0.251 e. The fourth-order valence-electron chi connectivity index (χ4n) is 3.01. The second kappa shape index (κ2) is 9.51. The van der Waals surface area contributed by atoms with E-state index in [1.54, 1.807) is 12.1 Å². The molecule has 0 atom stereocenters. The summed E-state index contributed by atoms with van der Waals surface area (Å²) in [6.45, 7) is 7.08. The third-order valence-electron chi connectivity index (χ3n) is 4.20. The second-order valence-electron chi connectivity index (χ2n) is 6.08. The first-order valence-corrected chi connectivity index (χ1v) is 9.14. The predicted molar refractivity (Wildman–Crippen MR) is 95.7 cm³/mol. The first-order valence-electron chi connectivity index (χ1n) is 9.14. The summed E-state index contributed by atoms with van der Waals surface area (Å²) in [6.07, 6.45) is 2.79. The van der Waals surface area contributed by atoms with E-state index in [-0.39, 0.29) is 18.1 Å². The number of hydrogen-bond donors (Lipinski definition) is 2. The molecule has 0 aliphatic heterocycles. The molecule has 0 unspecified atom stereocenters. The molecule has 2 rings (SSSR count). The van der Waals surface area contributed by atoms with Crippen LogP contribution in [0.15, 0.2) is 12.1 Å². The van der Waals surface area contributed by atoms with Gasteiger partial charge in [-0.05, 0) is 58.6 Å². The number of amides is 1. The maximum absolute atomic E-state index is 12.7. The molecular weight excluding hydrogens is 322 g/mol. The zero-order valence-electron chi connectivity index (χ0n) is 15.3. The van der Waals surface area contributed by atoms with E-state index < -0.39 is 0 Å². The first kappa shape index (κ1) is 19.4. The van der Waals surface area contributed by atoms with E-state index in [1.165, 1.54) is 0 Å². The quantitative estimate of drug-likeness (QED) is 0.753. The Labute approximate surface area is 149 Å². The molecule has 2 N–H and O–H groups in total. The summed E-state index contributed by atoms with van der Waals surface area (Å²) in [5.41, 5.74) is 0.487. The number of nitrogens with one attached hydrogen (secondary N) is 1. The average Bonchev–Trinajstić information content (AvgIpc) is 2.60. The van der Waals surface area contributed by atoms with Gasteiger partial charge in [0.05, 0.1) is 25.9 Å². The average molecular weight is 351 g/mol. The minimum atomic E-state index is -0.243. The van der Waals surface area contributed by atoms with Crippen LogP contribution in [0.3, 0.4) is 0 Å². The van der Waals surface area contributed by atoms with Crippen molar-refractivity contribution in [2.24, 2.45) is 0 Å². The van der Waals surface area contributed by atoms with E-state index in [2.05, 4.69) is 5.32 Å². The van der Waals surface area contributed by atoms with Crippen LogP contribution in [0.5, 0.6) is 17.2 Å². The number of hydrogen-bond acceptors (Lipinski definition) is 5. The molecule has 1 fully saturated rings. The largest absolute Gasteiger partial charge is 0.490 e. The van der Waals surface area contributed by atoms with Crippen molar-refractivity contribution in [1.29, 1.82) is 0 Å². The van der Waals surface area contributed by atoms with Crippen LogP contribution in [-0.4, -0.2) is 43.0 Å². The highest BCUT2D eigenvalue weighted by atomic mass is 16.5. The minimum absolute atomic E-state index is 0.0913. The zero-order valence-corrected chi connectivity index (χ0v) is 15.3. The lowest BCUT2D eigenvalue weighted by molar-refractivity contribution is 0.0866. The minimum Gasteiger partial charge on any atom is -0.490 e. The van der Waals surface area contributed by atoms with Crippen LogP contribution >= 0.6 is 0 Å². The van der Waals surface area contributed by atoms with Crippen molar-refractivity contribution in [3.8, 4) is 17.2 Å². The summed E-state index contributed by atoms with van der Waals surface area (Å²) in [5.74, 6) is 1.40. The normalized spacial score (nSPS) is 20.0. The van der Waals surface area contributed by atoms with Gasteiger partial charge in [-0.3, -0.25) is 4.79 Å². The Kier molecular flexibility index (Phi) is 7.37. The van der Waals surface area contributed by atoms with Crippen molar-refractivity contribution in [3.63, 3.8) is 0 Å². The Morgan fingerprint density at radius 1 is 1.00 bits per heavy atom. The summed E-state index contributed by atoms with van der Waals surface area (Å²) in [6, 6.07) is 3.49. The lowest BCUT2D eigenvalue weighted by atomic mass is 9.93. The van der Waals surface area contributed by atoms with Gasteiger partial charge >= 0.3 is 0 Å². The topological polar surface area (TPSA) is 77.0 Å². The number of ether oxygens (including phenoxy) is 3. The number of benzene rings is 1. The Bertz CT molecular complexity index is 540. The summed E-state index contributed by atoms with van der Waals surface area (Å²) < 4.78 is 17.0. The van der Waals surface area contributed by atoms with E-state index in [0.717, 1.165) is 25.7 Å². The second-order valence-corrected chi connectivity index (χ2v) is 6.08. The summed E-state index contributed by atoms with van der Waals surface area (Å²) in [7, 11) is 0. The van der Waals surface area contributed by atoms with E-state index >= 15 is 0 Å². The van der Waals surface area contributed by atoms with Gasteiger partial charge in [0.15, 0.2) is 11.5 Å². The molecule has 6 heteroatoms. The molecule has 140 valence electrons. The first-order chi connectivity index (χ1) is 12.1. The Morgan fingerprint density at radius 3 is 2.00 bits per heavy atom. The van der Waals surface area contributed by atoms with Gasteiger partial charge in [-0.25, -0.2) is 0 Å². The standard InChI is InChI=1S/C19H29NO5/c1-4-23-16-11-13(12-17(24-5-2)18(16)25-6-3)19(22)20-14-7-9-15(21)10-8-14/h11-12,14-15,21H,4-10H2,1-3H3,(H,20,22). The number of rotatable bonds is 8. The fourth-order valence-corrected chi connectivity index (χ4v) is 3.01. The van der Waals surface area contributed by atoms with Gasteiger partial charge in [0.2, 0.25) is 5.75 Å². The highest BCUT2D eigenvalue weighted by Gasteiger charge is 2.23. The van der Waals surface area contributed by atoms with Gasteiger partial charge in [-0.1, -0.05) is 0 Å². The molecule has 0 aromatic heterocycles. The van der Waals surface area contributed by atoms with E-state index in [9.17, 15) is 9.90 Å². The van der Waals surface area contributed by atoms with Crippen LogP contribution in [0.2, 0.25) is 0 Å². The molecule has 0 spiro atoms. The monoisotopic (exact) mass is 351 g/mol. The van der Waals surface area contributed by atoms with E-state index in [4.69, 9.17) is 14.2 Å². The van der Waals surface area contributed by atoms with Crippen molar-refractivity contribution in [2.75, 3.05) is 19.8 Å². The maximum atomic E-state index is 12.7. The molecule has 6 nitrogen and oxygen atoms in total. The molecule has 1 aromatic rings. The molecule has 1 aliphatic rings. The number of aliphatic hydroxyl groups is 1. The van der Waals surface area contributed by atoms with Gasteiger partial charge in [-0.2, -0.15) is 0 Å². The number of carbonyl (C=O) groups excluding carboxylic acids is 1. The molecule has 25 heavy (non-hydrogen) atoms. The molecule has 1 aromatic carbocycles. The SMILES string of the molecule is CCOc1cc(C(=O)NC2CCC(O)CC2)cc(OCC)c1OCC. The van der Waals surface area contributed by atoms with Crippen molar-refractivity contribution in [1.82, 2.24) is 5.32 Å². The van der Waals surface area contributed by atoms with Crippen LogP contribution in [0, 0.1) is 0 Å². The summed E-state index contributed by atoms with van der Waals surface area (Å²) in [4.78, 5) is 12.7. The fraction of sp³-hybridized carbons (Fsp3) is 0.632. The van der Waals surface area contributed by atoms with Crippen molar-refractivity contribution in [2.45, 2.75) is 58.6 Å². The molecule has 1 aliphatic carbocycles. The van der Waals surface area contributed by atoms with Gasteiger partial charge in [0, 0.05) is 11.6 Å². The van der Waals surface area contributed by atoms with Crippen molar-refractivity contribution >= 4 is 5.91 Å². The Morgan fingerprint density at radius 2 is 1.52 bits per heavy atom. The molecular formula is C19H29NO5. The van der Waals surface area contributed by atoms with E-state index in [1.807, 2.05) is 20.8 Å². The van der Waals surface area contributed by atoms with Crippen molar-refractivity contribution in [3.05, 3.63) is 17.7 Å². The molecule has 0 saturated heterocycles. The zero-order chi connectivity index (χ0) is 18.2. The van der Waals surface area contributed by atoms with Crippen LogP contribution in [-0.2, 0) is 0 Å². The van der Waals surface area contributed by atoms with Crippen molar-refractivity contribution < 1.29 is 24.1 Å². The molecule has 0 heterocycles. The van der Waals surface area contributed by atoms with Gasteiger partial charge in [0.1, 0.15) is 0 Å². The third kappa shape index (κ3) is 5.26. The van der Waals surface area contributed by atoms with Gasteiger partial charge < -0.3 is 24.6 Å². The summed E-state index contributed by atoms with van der Waals surface area (Å²) >= 11 is 0. The number of aliphatic hydroxyl groups excluding tert-OH is 1. The molecule has 0 radical (unpaired) electrons. The highest BCUT2D eigenvalue weighted by Crippen LogP contribution is 2.39. The van der Waals surface area contributed by atoms with Crippen LogP contribution in [0.1, 0.15) is 56.8 Å². The third-order valence-corrected chi connectivity index (χ3v) is 4.20. The number of carbonyl (C=O) groups is 1. The molecule has 0 bridgehead atoms. The van der Waals surface area contributed by atoms with Crippen LogP contribution < -0.4 is 19.5 Å². The molecule has 1 amide bonds. The van der Waals surface area contributed by atoms with E-state index in [0.29, 0.717) is 42.6 Å². The maximum Gasteiger partial charge on any atom is 0.251 e.